The van der Waals surface area contributed by atoms with Crippen molar-refractivity contribution in [2.45, 2.75) is 20.8 Å². The van der Waals surface area contributed by atoms with Crippen molar-refractivity contribution in [3.8, 4) is 0 Å². The van der Waals surface area contributed by atoms with Crippen molar-refractivity contribution in [3.63, 3.8) is 0 Å². The molecule has 0 aliphatic rings. The van der Waals surface area contributed by atoms with Gasteiger partial charge in [0.25, 0.3) is 0 Å². The third-order valence-electron chi connectivity index (χ3n) is 1.59. The number of nitrogens with one attached hydrogen (secondary N) is 1. The molecule has 0 heterocycles. The van der Waals surface area contributed by atoms with E-state index in [0.29, 0.717) is 13.1 Å². The Morgan fingerprint density at radius 3 is 2.43 bits per heavy atom. The highest BCUT2D eigenvalue weighted by atomic mass is 16.3. The van der Waals surface area contributed by atoms with Gasteiger partial charge in [-0.1, -0.05) is 20.8 Å². The predicted octanol–water partition coefficient (Wildman–Crippen LogP) is 0.0728. The Hall–Kier alpha value is -0.610. The van der Waals surface area contributed by atoms with Crippen LogP contribution in [0.4, 0.5) is 0 Å². The summed E-state index contributed by atoms with van der Waals surface area (Å²) >= 11 is 0. The van der Waals surface area contributed by atoms with E-state index in [1.54, 1.807) is 0 Å². The van der Waals surface area contributed by atoms with Crippen molar-refractivity contribution < 1.29 is 9.90 Å². The zero-order valence-electron chi connectivity index (χ0n) is 9.63. The second kappa shape index (κ2) is 5.98. The minimum Gasteiger partial charge on any atom is -0.395 e. The van der Waals surface area contributed by atoms with Gasteiger partial charge in [0.15, 0.2) is 0 Å². The average molecular weight is 202 g/mol. The van der Waals surface area contributed by atoms with Crippen LogP contribution in [0, 0.1) is 5.41 Å². The summed E-state index contributed by atoms with van der Waals surface area (Å²) in [4.78, 5) is 13.2. The molecule has 1 amide bonds. The summed E-state index contributed by atoms with van der Waals surface area (Å²) in [6.07, 6.45) is 0. The van der Waals surface area contributed by atoms with Crippen molar-refractivity contribution in [3.05, 3.63) is 0 Å². The summed E-state index contributed by atoms with van der Waals surface area (Å²) in [7, 11) is 1.92. The highest BCUT2D eigenvalue weighted by Gasteiger charge is 2.15. The second-order valence-electron chi connectivity index (χ2n) is 4.81. The molecule has 4 nitrogen and oxygen atoms in total. The SMILES string of the molecule is CN(CC(=O)NCCO)CC(C)(C)C. The van der Waals surface area contributed by atoms with Gasteiger partial charge in [0.1, 0.15) is 0 Å². The molecule has 0 bridgehead atoms. The van der Waals surface area contributed by atoms with Crippen molar-refractivity contribution in [2.75, 3.05) is 33.3 Å². The minimum absolute atomic E-state index is 0.00523. The summed E-state index contributed by atoms with van der Waals surface area (Å²) in [5.41, 5.74) is 0.200. The van der Waals surface area contributed by atoms with Gasteiger partial charge in [-0.3, -0.25) is 9.69 Å². The van der Waals surface area contributed by atoms with Crippen LogP contribution in [0.2, 0.25) is 0 Å². The topological polar surface area (TPSA) is 52.6 Å². The van der Waals surface area contributed by atoms with E-state index in [0.717, 1.165) is 6.54 Å². The number of rotatable bonds is 5. The number of carbonyl (C=O) groups is 1. The molecule has 0 saturated heterocycles. The molecule has 14 heavy (non-hydrogen) atoms. The fraction of sp³-hybridized carbons (Fsp3) is 0.900. The van der Waals surface area contributed by atoms with Crippen LogP contribution in [-0.4, -0.2) is 49.2 Å². The quantitative estimate of drug-likeness (QED) is 0.663. The molecule has 2 N–H and O–H groups in total. The Labute approximate surface area is 86.3 Å². The number of likely N-dealkylation sites (N-methyl/N-ethyl adjacent to an activating group) is 1. The van der Waals surface area contributed by atoms with Gasteiger partial charge in [-0.05, 0) is 12.5 Å². The molecule has 0 aromatic rings. The smallest absolute Gasteiger partial charge is 0.234 e. The van der Waals surface area contributed by atoms with E-state index in [1.165, 1.54) is 0 Å². The Morgan fingerprint density at radius 1 is 1.43 bits per heavy atom. The lowest BCUT2D eigenvalue weighted by atomic mass is 9.96. The molecule has 0 spiro atoms. The molecule has 0 fully saturated rings. The Balaban J connectivity index is 3.71. The summed E-state index contributed by atoms with van der Waals surface area (Å²) < 4.78 is 0. The first-order valence-electron chi connectivity index (χ1n) is 4.91. The van der Waals surface area contributed by atoms with E-state index >= 15 is 0 Å². The van der Waals surface area contributed by atoms with E-state index in [4.69, 9.17) is 5.11 Å². The lowest BCUT2D eigenvalue weighted by Crippen LogP contribution is -2.39. The molecule has 0 aromatic heterocycles. The van der Waals surface area contributed by atoms with E-state index in [-0.39, 0.29) is 17.9 Å². The summed E-state index contributed by atoms with van der Waals surface area (Å²) in [6, 6.07) is 0. The standard InChI is InChI=1S/C10H22N2O2/c1-10(2,3)8-12(4)7-9(14)11-5-6-13/h13H,5-8H2,1-4H3,(H,11,14). The Kier molecular flexibility index (Phi) is 5.72. The Bertz CT molecular complexity index is 175. The van der Waals surface area contributed by atoms with Gasteiger partial charge in [-0.25, -0.2) is 0 Å². The molecule has 0 aliphatic carbocycles. The van der Waals surface area contributed by atoms with E-state index < -0.39 is 0 Å². The van der Waals surface area contributed by atoms with Gasteiger partial charge in [-0.15, -0.1) is 0 Å². The normalized spacial score (nSPS) is 11.9. The first-order valence-corrected chi connectivity index (χ1v) is 4.91. The maximum absolute atomic E-state index is 11.2. The number of aliphatic hydroxyl groups excluding tert-OH is 1. The fourth-order valence-electron chi connectivity index (χ4n) is 1.36. The molecule has 0 radical (unpaired) electrons. The first kappa shape index (κ1) is 13.4. The van der Waals surface area contributed by atoms with Crippen molar-refractivity contribution in [1.82, 2.24) is 10.2 Å². The lowest BCUT2D eigenvalue weighted by Gasteiger charge is -2.25. The molecule has 0 aliphatic heterocycles. The summed E-state index contributed by atoms with van der Waals surface area (Å²) in [5, 5.41) is 11.1. The van der Waals surface area contributed by atoms with Gasteiger partial charge in [-0.2, -0.15) is 0 Å². The average Bonchev–Trinajstić information content (AvgIpc) is 1.96. The number of hydrogen-bond acceptors (Lipinski definition) is 3. The zero-order valence-corrected chi connectivity index (χ0v) is 9.63. The fourth-order valence-corrected chi connectivity index (χ4v) is 1.36. The van der Waals surface area contributed by atoms with Gasteiger partial charge >= 0.3 is 0 Å². The second-order valence-corrected chi connectivity index (χ2v) is 4.81. The van der Waals surface area contributed by atoms with Crippen LogP contribution in [0.25, 0.3) is 0 Å². The molecule has 0 aromatic carbocycles. The molecule has 0 saturated carbocycles. The van der Waals surface area contributed by atoms with Crippen LogP contribution < -0.4 is 5.32 Å². The third-order valence-corrected chi connectivity index (χ3v) is 1.59. The summed E-state index contributed by atoms with van der Waals surface area (Å²) in [6.45, 7) is 7.99. The number of amides is 1. The van der Waals surface area contributed by atoms with E-state index in [1.807, 2.05) is 11.9 Å². The minimum atomic E-state index is -0.0363. The van der Waals surface area contributed by atoms with Crippen molar-refractivity contribution >= 4 is 5.91 Å². The van der Waals surface area contributed by atoms with Crippen LogP contribution >= 0.6 is 0 Å². The van der Waals surface area contributed by atoms with Crippen LogP contribution in [0.3, 0.4) is 0 Å². The molecular weight excluding hydrogens is 180 g/mol. The summed E-state index contributed by atoms with van der Waals surface area (Å²) in [5.74, 6) is -0.0363. The molecule has 4 heteroatoms. The molecular formula is C10H22N2O2. The number of nitrogens with zero attached hydrogens (tertiary/aromatic N) is 1. The molecule has 0 rings (SSSR count). The van der Waals surface area contributed by atoms with E-state index in [2.05, 4.69) is 26.1 Å². The van der Waals surface area contributed by atoms with Crippen LogP contribution in [-0.2, 0) is 4.79 Å². The predicted molar refractivity (Wildman–Crippen MR) is 57.0 cm³/mol. The van der Waals surface area contributed by atoms with Gasteiger partial charge in [0.05, 0.1) is 13.2 Å². The molecule has 0 atom stereocenters. The van der Waals surface area contributed by atoms with E-state index in [9.17, 15) is 4.79 Å². The number of hydrogen-bond donors (Lipinski definition) is 2. The molecule has 0 unspecified atom stereocenters. The van der Waals surface area contributed by atoms with Gasteiger partial charge < -0.3 is 10.4 Å². The van der Waals surface area contributed by atoms with Crippen LogP contribution in [0.1, 0.15) is 20.8 Å². The van der Waals surface area contributed by atoms with Gasteiger partial charge in [0, 0.05) is 13.1 Å². The largest absolute Gasteiger partial charge is 0.395 e. The maximum atomic E-state index is 11.2. The van der Waals surface area contributed by atoms with Crippen LogP contribution in [0.15, 0.2) is 0 Å². The highest BCUT2D eigenvalue weighted by Crippen LogP contribution is 2.13. The van der Waals surface area contributed by atoms with Crippen LogP contribution in [0.5, 0.6) is 0 Å². The number of carbonyl (C=O) groups excluding carboxylic acids is 1. The third kappa shape index (κ3) is 8.01. The maximum Gasteiger partial charge on any atom is 0.234 e. The molecule has 84 valence electrons. The zero-order chi connectivity index (χ0) is 11.2. The monoisotopic (exact) mass is 202 g/mol. The van der Waals surface area contributed by atoms with Crippen molar-refractivity contribution in [2.24, 2.45) is 5.41 Å². The Morgan fingerprint density at radius 2 is 2.00 bits per heavy atom. The highest BCUT2D eigenvalue weighted by molar-refractivity contribution is 5.77. The van der Waals surface area contributed by atoms with Crippen molar-refractivity contribution in [1.29, 1.82) is 0 Å². The lowest BCUT2D eigenvalue weighted by molar-refractivity contribution is -0.122. The number of aliphatic hydroxyl groups is 1. The first-order chi connectivity index (χ1) is 6.35. The van der Waals surface area contributed by atoms with Gasteiger partial charge in [0.2, 0.25) is 5.91 Å².